The Morgan fingerprint density at radius 1 is 0.965 bits per heavy atom. The Kier molecular flexibility index (Phi) is 13.3. The van der Waals surface area contributed by atoms with Crippen molar-refractivity contribution in [2.24, 2.45) is 0 Å². The molecule has 19 heteroatoms. The van der Waals surface area contributed by atoms with Gasteiger partial charge in [-0.15, -0.1) is 0 Å². The first-order chi connectivity index (χ1) is 27.4. The van der Waals surface area contributed by atoms with Gasteiger partial charge in [-0.25, -0.2) is 24.1 Å². The van der Waals surface area contributed by atoms with Crippen molar-refractivity contribution in [1.29, 1.82) is 0 Å². The molecule has 3 aromatic carbocycles. The van der Waals surface area contributed by atoms with Crippen LogP contribution in [0.25, 0.3) is 11.2 Å². The fourth-order valence-corrected chi connectivity index (χ4v) is 5.65. The molecule has 18 nitrogen and oxygen atoms in total. The molecule has 5 aromatic rings. The maximum Gasteiger partial charge on any atom is 0.605 e. The summed E-state index contributed by atoms with van der Waals surface area (Å²) in [5.41, 5.74) is 1.48. The fourth-order valence-electron chi connectivity index (χ4n) is 4.94. The van der Waals surface area contributed by atoms with Gasteiger partial charge in [0.2, 0.25) is 5.95 Å². The zero-order chi connectivity index (χ0) is 41.0. The van der Waals surface area contributed by atoms with Crippen molar-refractivity contribution >= 4 is 59.9 Å². The number of ketones is 1. The molecule has 0 aliphatic heterocycles. The number of carbonyl (C=O) groups excluding carboxylic acids is 3. The molecule has 57 heavy (non-hydrogen) atoms. The van der Waals surface area contributed by atoms with Gasteiger partial charge in [-0.05, 0) is 67.4 Å². The number of aliphatic carboxylic acids is 1. The molecule has 0 saturated carbocycles. The number of H-pyrrole nitrogens is 1. The van der Waals surface area contributed by atoms with Crippen molar-refractivity contribution in [1.82, 2.24) is 25.3 Å². The number of hydrogen-bond acceptors (Lipinski definition) is 15. The average Bonchev–Trinajstić information content (AvgIpc) is 3.19. The summed E-state index contributed by atoms with van der Waals surface area (Å²) in [7, 11) is -4.17. The number of para-hydroxylation sites is 1. The fraction of sp³-hybridized carbons (Fsp3) is 0.158. The second-order valence-electron chi connectivity index (χ2n) is 11.8. The van der Waals surface area contributed by atoms with E-state index in [2.05, 4.69) is 44.9 Å². The van der Waals surface area contributed by atoms with Crippen molar-refractivity contribution in [2.45, 2.75) is 39.0 Å². The highest BCUT2D eigenvalue weighted by Crippen LogP contribution is 2.49. The molecule has 1 amide bonds. The zero-order valence-corrected chi connectivity index (χ0v) is 30.8. The lowest BCUT2D eigenvalue weighted by Crippen LogP contribution is -2.41. The van der Waals surface area contributed by atoms with Gasteiger partial charge in [-0.2, -0.15) is 4.98 Å². The van der Waals surface area contributed by atoms with Crippen molar-refractivity contribution in [2.75, 3.05) is 10.6 Å². The Bertz CT molecular complexity index is 2480. The van der Waals surface area contributed by atoms with E-state index in [1.165, 1.54) is 55.6 Å². The van der Waals surface area contributed by atoms with E-state index < -0.39 is 37.3 Å². The number of Topliss-reactive ketones (excluding diaryl/α,β-unsaturated/α-hetero) is 1. The first kappa shape index (κ1) is 40.7. The molecule has 5 rings (SSSR count). The third-order valence-corrected chi connectivity index (χ3v) is 8.83. The van der Waals surface area contributed by atoms with Crippen molar-refractivity contribution in [3.05, 3.63) is 112 Å². The molecule has 2 heterocycles. The van der Waals surface area contributed by atoms with E-state index in [1.54, 1.807) is 42.5 Å². The molecule has 0 saturated heterocycles. The van der Waals surface area contributed by atoms with Gasteiger partial charge in [0.25, 0.3) is 11.5 Å². The summed E-state index contributed by atoms with van der Waals surface area (Å²) in [5.74, 6) is -2.60. The smallest absolute Gasteiger partial charge is 0.480 e. The Hall–Kier alpha value is -7.53. The number of hydrogen-bond donors (Lipinski definition) is 5. The number of carbonyl (C=O) groups is 4. The summed E-state index contributed by atoms with van der Waals surface area (Å²) in [6, 6.07) is 17.4. The predicted molar refractivity (Wildman–Crippen MR) is 204 cm³/mol. The molecular weight excluding hydrogens is 761 g/mol. The third-order valence-electron chi connectivity index (χ3n) is 7.73. The van der Waals surface area contributed by atoms with Crippen LogP contribution in [0.15, 0.2) is 83.8 Å². The molecule has 0 unspecified atom stereocenters. The number of anilines is 3. The van der Waals surface area contributed by atoms with Crippen molar-refractivity contribution in [3.8, 4) is 30.8 Å². The minimum atomic E-state index is -4.17. The number of nitrogens with one attached hydrogen (secondary N) is 4. The number of nitrogens with zero attached hydrogens (tertiary/aromatic N) is 3. The lowest BCUT2D eigenvalue weighted by atomic mass is 10.1. The van der Waals surface area contributed by atoms with Crippen molar-refractivity contribution in [3.63, 3.8) is 0 Å². The highest BCUT2D eigenvalue weighted by Gasteiger charge is 2.29. The second-order valence-corrected chi connectivity index (χ2v) is 13.3. The lowest BCUT2D eigenvalue weighted by Gasteiger charge is -2.14. The van der Waals surface area contributed by atoms with Gasteiger partial charge < -0.3 is 39.6 Å². The average molecular weight is 794 g/mol. The summed E-state index contributed by atoms with van der Waals surface area (Å²) in [6.07, 6.45) is 14.8. The monoisotopic (exact) mass is 793 g/mol. The molecular formula is C38H32N7O11P. The normalized spacial score (nSPS) is 11.3. The second kappa shape index (κ2) is 18.7. The van der Waals surface area contributed by atoms with E-state index in [1.807, 2.05) is 0 Å². The van der Waals surface area contributed by atoms with Gasteiger partial charge in [-0.3, -0.25) is 19.1 Å². The number of esters is 1. The maximum absolute atomic E-state index is 13.2. The lowest BCUT2D eigenvalue weighted by molar-refractivity contribution is -0.139. The first-order valence-electron chi connectivity index (χ1n) is 16.7. The van der Waals surface area contributed by atoms with Crippen LogP contribution in [0, 0.1) is 25.1 Å². The number of aromatic amines is 1. The number of carboxylic acid groups (broad SMARTS) is 1. The van der Waals surface area contributed by atoms with Crippen molar-refractivity contribution < 1.29 is 47.2 Å². The Labute approximate surface area is 324 Å². The first-order valence-corrected chi connectivity index (χ1v) is 18.2. The summed E-state index contributed by atoms with van der Waals surface area (Å²) in [6.45, 7) is 1.25. The van der Waals surface area contributed by atoms with Crippen LogP contribution in [0.1, 0.15) is 51.7 Å². The van der Waals surface area contributed by atoms with Gasteiger partial charge in [0.05, 0.1) is 36.3 Å². The predicted octanol–water partition coefficient (Wildman–Crippen LogP) is 4.68. The number of benzene rings is 3. The number of terminal acetylenes is 2. The van der Waals surface area contributed by atoms with E-state index in [9.17, 15) is 33.6 Å². The molecule has 0 aliphatic carbocycles. The SMILES string of the molecule is C#COP(=O)(OC#C)OCc1ccc(OC(=O)c2ccccc2Nc2nc3ncc(CNc4ccc(C(=O)N[C@@H](CCC(C)=O)C(=O)O)cc4)nc3c(=O)[nH]2)cc1. The Morgan fingerprint density at radius 2 is 1.67 bits per heavy atom. The van der Waals surface area contributed by atoms with Crippen LogP contribution in [-0.2, 0) is 40.9 Å². The number of amides is 1. The number of phosphoric acid groups is 1. The number of phosphoric ester groups is 1. The largest absolute Gasteiger partial charge is 0.605 e. The molecule has 2 aromatic heterocycles. The number of aromatic nitrogens is 4. The van der Waals surface area contributed by atoms with E-state index in [0.29, 0.717) is 16.9 Å². The van der Waals surface area contributed by atoms with Gasteiger partial charge in [-0.1, -0.05) is 37.1 Å². The van der Waals surface area contributed by atoms with Gasteiger partial charge in [0, 0.05) is 17.7 Å². The number of carboxylic acids is 1. The number of rotatable bonds is 18. The molecule has 0 fully saturated rings. The Balaban J connectivity index is 1.19. The number of ether oxygens (including phenoxy) is 1. The highest BCUT2D eigenvalue weighted by atomic mass is 31.2. The van der Waals surface area contributed by atoms with Crippen LogP contribution in [0.4, 0.5) is 17.3 Å². The van der Waals surface area contributed by atoms with Crippen LogP contribution in [-0.4, -0.2) is 54.7 Å². The minimum absolute atomic E-state index is 0.0187. The molecule has 290 valence electrons. The van der Waals surface area contributed by atoms with Gasteiger partial charge in [0.15, 0.2) is 11.2 Å². The van der Waals surface area contributed by atoms with Crippen LogP contribution >= 0.6 is 7.82 Å². The van der Waals surface area contributed by atoms with E-state index in [-0.39, 0.29) is 71.5 Å². The molecule has 1 atom stereocenters. The van der Waals surface area contributed by atoms with Crippen LogP contribution in [0.3, 0.4) is 0 Å². The maximum atomic E-state index is 13.2. The summed E-state index contributed by atoms with van der Waals surface area (Å²) in [4.78, 5) is 77.2. The summed E-state index contributed by atoms with van der Waals surface area (Å²) >= 11 is 0. The highest BCUT2D eigenvalue weighted by molar-refractivity contribution is 7.48. The van der Waals surface area contributed by atoms with E-state index >= 15 is 0 Å². The topological polar surface area (TPSA) is 250 Å². The van der Waals surface area contributed by atoms with Crippen LogP contribution < -0.4 is 26.2 Å². The van der Waals surface area contributed by atoms with Gasteiger partial charge in [0.1, 0.15) is 29.8 Å². The standard InChI is InChI=1S/C38H32N7O11P/c1-4-53-57(52,54-5-2)55-22-24-11-17-28(18-12-24)56-37(51)29-8-6-7-9-30(29)43-38-44-33-32(35(48)45-38)41-27(21-40-33)20-39-26-15-13-25(14-16-26)34(47)42-31(36(49)50)19-10-23(3)46/h1-2,6-9,11-18,21,31,39H,10,19-20,22H2,3H3,(H,42,47)(H,49,50)(H2,40,43,44,45,48)/t31-/m0/s1. The Morgan fingerprint density at radius 3 is 2.33 bits per heavy atom. The van der Waals surface area contributed by atoms with E-state index in [0.717, 1.165) is 0 Å². The summed E-state index contributed by atoms with van der Waals surface area (Å²) in [5, 5.41) is 17.8. The molecule has 0 spiro atoms. The third kappa shape index (κ3) is 11.2. The summed E-state index contributed by atoms with van der Waals surface area (Å²) < 4.78 is 31.9. The van der Waals surface area contributed by atoms with Gasteiger partial charge >= 0.3 is 19.8 Å². The zero-order valence-electron chi connectivity index (χ0n) is 29.9. The molecule has 0 aliphatic rings. The molecule has 0 radical (unpaired) electrons. The molecule has 0 bridgehead atoms. The minimum Gasteiger partial charge on any atom is -0.480 e. The molecule has 5 N–H and O–H groups in total. The van der Waals surface area contributed by atoms with Crippen LogP contribution in [0.5, 0.6) is 5.75 Å². The number of fused-ring (bicyclic) bond motifs is 1. The van der Waals surface area contributed by atoms with E-state index in [4.69, 9.17) is 22.1 Å². The van der Waals surface area contributed by atoms with Crippen LogP contribution in [0.2, 0.25) is 0 Å². The quantitative estimate of drug-likeness (QED) is 0.0350.